The summed E-state index contributed by atoms with van der Waals surface area (Å²) in [5.41, 5.74) is 0. The molecule has 1 N–H and O–H groups in total. The third-order valence-electron chi connectivity index (χ3n) is 3.10. The van der Waals surface area contributed by atoms with Crippen molar-refractivity contribution >= 4 is 23.2 Å². The van der Waals surface area contributed by atoms with E-state index in [-0.39, 0.29) is 18.1 Å². The third kappa shape index (κ3) is 3.33. The highest BCUT2D eigenvalue weighted by Gasteiger charge is 2.24. The summed E-state index contributed by atoms with van der Waals surface area (Å²) in [6.45, 7) is 2.69. The van der Waals surface area contributed by atoms with E-state index in [1.807, 2.05) is 6.92 Å². The number of esters is 1. The van der Waals surface area contributed by atoms with E-state index in [4.69, 9.17) is 4.74 Å². The van der Waals surface area contributed by atoms with E-state index in [9.17, 15) is 9.59 Å². The Morgan fingerprint density at radius 1 is 1.47 bits per heavy atom. The van der Waals surface area contributed by atoms with E-state index < -0.39 is 5.97 Å². The number of methoxy groups -OCH3 is 1. The molecular weight excluding hydrogens is 266 g/mol. The lowest BCUT2D eigenvalue weighted by Gasteiger charge is -2.19. The first-order valence-corrected chi connectivity index (χ1v) is 7.04. The normalized spacial score (nSPS) is 20.0. The van der Waals surface area contributed by atoms with Crippen molar-refractivity contribution in [2.45, 2.75) is 31.9 Å². The Balaban J connectivity index is 1.95. The quantitative estimate of drug-likeness (QED) is 0.856. The summed E-state index contributed by atoms with van der Waals surface area (Å²) in [6.07, 6.45) is 2.10. The molecule has 1 amide bonds. The van der Waals surface area contributed by atoms with Crippen molar-refractivity contribution in [3.63, 3.8) is 0 Å². The van der Waals surface area contributed by atoms with Crippen molar-refractivity contribution < 1.29 is 19.1 Å². The highest BCUT2D eigenvalue weighted by atomic mass is 32.1. The minimum atomic E-state index is -0.420. The van der Waals surface area contributed by atoms with E-state index in [2.05, 4.69) is 10.1 Å². The van der Waals surface area contributed by atoms with Gasteiger partial charge in [0.25, 0.3) is 5.91 Å². The van der Waals surface area contributed by atoms with Crippen molar-refractivity contribution in [3.05, 3.63) is 21.9 Å². The first kappa shape index (κ1) is 14.0. The summed E-state index contributed by atoms with van der Waals surface area (Å²) in [5.74, 6) is -0.598. The Morgan fingerprint density at radius 2 is 2.21 bits per heavy atom. The van der Waals surface area contributed by atoms with E-state index >= 15 is 0 Å². The molecule has 0 spiro atoms. The van der Waals surface area contributed by atoms with Gasteiger partial charge in [-0.25, -0.2) is 4.79 Å². The van der Waals surface area contributed by atoms with Crippen LogP contribution in [-0.2, 0) is 9.47 Å². The van der Waals surface area contributed by atoms with Crippen LogP contribution < -0.4 is 5.32 Å². The smallest absolute Gasteiger partial charge is 0.348 e. The number of hydrogen-bond donors (Lipinski definition) is 1. The Morgan fingerprint density at radius 3 is 2.84 bits per heavy atom. The molecule has 0 aliphatic carbocycles. The Hall–Kier alpha value is -1.40. The molecule has 2 heterocycles. The highest BCUT2D eigenvalue weighted by Crippen LogP contribution is 2.19. The first-order chi connectivity index (χ1) is 9.11. The molecule has 104 valence electrons. The number of rotatable bonds is 4. The fourth-order valence-corrected chi connectivity index (χ4v) is 2.87. The van der Waals surface area contributed by atoms with Crippen LogP contribution in [0.2, 0.25) is 0 Å². The van der Waals surface area contributed by atoms with Crippen LogP contribution in [0.5, 0.6) is 0 Å². The molecule has 0 bridgehead atoms. The second-order valence-electron chi connectivity index (χ2n) is 4.47. The van der Waals surface area contributed by atoms with Crippen LogP contribution in [0.25, 0.3) is 0 Å². The molecule has 1 aromatic heterocycles. The maximum absolute atomic E-state index is 12.0. The van der Waals surface area contributed by atoms with Crippen LogP contribution in [0.3, 0.4) is 0 Å². The van der Waals surface area contributed by atoms with E-state index in [1.54, 1.807) is 12.1 Å². The van der Waals surface area contributed by atoms with Crippen LogP contribution >= 0.6 is 11.3 Å². The number of thiophene rings is 1. The lowest BCUT2D eigenvalue weighted by molar-refractivity contribution is 0.0606. The highest BCUT2D eigenvalue weighted by molar-refractivity contribution is 7.15. The summed E-state index contributed by atoms with van der Waals surface area (Å²) in [7, 11) is 1.32. The third-order valence-corrected chi connectivity index (χ3v) is 4.16. The molecular formula is C13H17NO4S. The summed E-state index contributed by atoms with van der Waals surface area (Å²) in [6, 6.07) is 3.20. The largest absolute Gasteiger partial charge is 0.465 e. The second-order valence-corrected chi connectivity index (χ2v) is 5.55. The predicted molar refractivity (Wildman–Crippen MR) is 71.6 cm³/mol. The van der Waals surface area contributed by atoms with Crippen LogP contribution in [0.4, 0.5) is 0 Å². The number of carbonyl (C=O) groups is 2. The van der Waals surface area contributed by atoms with Crippen molar-refractivity contribution in [2.24, 2.45) is 0 Å². The Kier molecular flexibility index (Phi) is 4.55. The van der Waals surface area contributed by atoms with E-state index in [1.165, 1.54) is 7.11 Å². The summed E-state index contributed by atoms with van der Waals surface area (Å²) in [4.78, 5) is 24.3. The fraction of sp³-hybridized carbons (Fsp3) is 0.538. The molecule has 1 aliphatic heterocycles. The van der Waals surface area contributed by atoms with Gasteiger partial charge >= 0.3 is 5.97 Å². The van der Waals surface area contributed by atoms with Crippen molar-refractivity contribution in [1.82, 2.24) is 5.32 Å². The molecule has 0 saturated carbocycles. The van der Waals surface area contributed by atoms with Gasteiger partial charge in [-0.1, -0.05) is 0 Å². The van der Waals surface area contributed by atoms with Gasteiger partial charge in [0.15, 0.2) is 0 Å². The zero-order chi connectivity index (χ0) is 13.8. The van der Waals surface area contributed by atoms with Gasteiger partial charge in [0.2, 0.25) is 0 Å². The Bertz CT molecular complexity index is 465. The van der Waals surface area contributed by atoms with Gasteiger partial charge in [-0.2, -0.15) is 0 Å². The topological polar surface area (TPSA) is 64.6 Å². The van der Waals surface area contributed by atoms with E-state index in [0.717, 1.165) is 30.8 Å². The number of nitrogens with one attached hydrogen (secondary N) is 1. The van der Waals surface area contributed by atoms with Crippen LogP contribution in [0, 0.1) is 0 Å². The standard InChI is InChI=1S/C13H17NO4S/c1-8(9-4-3-7-18-9)14-12(15)10-5-6-11(19-10)13(16)17-2/h5-6,8-9H,3-4,7H2,1-2H3,(H,14,15)/t8-,9-/m1/s1. The van der Waals surface area contributed by atoms with Gasteiger partial charge in [0.1, 0.15) is 4.88 Å². The summed E-state index contributed by atoms with van der Waals surface area (Å²) >= 11 is 1.13. The average Bonchev–Trinajstić information content (AvgIpc) is 3.08. The molecule has 1 saturated heterocycles. The molecule has 2 atom stereocenters. The van der Waals surface area contributed by atoms with Gasteiger partial charge in [-0.3, -0.25) is 4.79 Å². The second kappa shape index (κ2) is 6.16. The summed E-state index contributed by atoms with van der Waals surface area (Å²) in [5, 5.41) is 2.90. The van der Waals surface area contributed by atoms with Crippen LogP contribution in [0.1, 0.15) is 39.1 Å². The molecule has 0 aromatic carbocycles. The average molecular weight is 283 g/mol. The number of ether oxygens (including phenoxy) is 2. The lowest BCUT2D eigenvalue weighted by Crippen LogP contribution is -2.40. The van der Waals surface area contributed by atoms with Crippen molar-refractivity contribution in [1.29, 1.82) is 0 Å². The molecule has 2 rings (SSSR count). The zero-order valence-electron chi connectivity index (χ0n) is 11.0. The first-order valence-electron chi connectivity index (χ1n) is 6.22. The van der Waals surface area contributed by atoms with Gasteiger partial charge in [0, 0.05) is 6.61 Å². The molecule has 0 radical (unpaired) electrons. The van der Waals surface area contributed by atoms with Crippen molar-refractivity contribution in [3.8, 4) is 0 Å². The maximum atomic E-state index is 12.0. The minimum absolute atomic E-state index is 0.0290. The fourth-order valence-electron chi connectivity index (χ4n) is 2.04. The maximum Gasteiger partial charge on any atom is 0.348 e. The van der Waals surface area contributed by atoms with Crippen molar-refractivity contribution in [2.75, 3.05) is 13.7 Å². The number of amides is 1. The predicted octanol–water partition coefficient (Wildman–Crippen LogP) is 1.83. The SMILES string of the molecule is COC(=O)c1ccc(C(=O)N[C@H](C)[C@H]2CCCO2)s1. The van der Waals surface area contributed by atoms with E-state index in [0.29, 0.717) is 9.75 Å². The van der Waals surface area contributed by atoms with Crippen LogP contribution in [0.15, 0.2) is 12.1 Å². The number of hydrogen-bond acceptors (Lipinski definition) is 5. The molecule has 6 heteroatoms. The Labute approximate surface area is 115 Å². The molecule has 1 aliphatic rings. The molecule has 19 heavy (non-hydrogen) atoms. The molecule has 1 aromatic rings. The van der Waals surface area contributed by atoms with Crippen LogP contribution in [-0.4, -0.2) is 37.7 Å². The summed E-state index contributed by atoms with van der Waals surface area (Å²) < 4.78 is 10.1. The monoisotopic (exact) mass is 283 g/mol. The van der Waals surface area contributed by atoms with Gasteiger partial charge in [0.05, 0.1) is 24.1 Å². The molecule has 5 nitrogen and oxygen atoms in total. The molecule has 1 fully saturated rings. The van der Waals surface area contributed by atoms with Gasteiger partial charge in [-0.05, 0) is 31.9 Å². The molecule has 0 unspecified atom stereocenters. The lowest BCUT2D eigenvalue weighted by atomic mass is 10.1. The van der Waals surface area contributed by atoms with Gasteiger partial charge < -0.3 is 14.8 Å². The zero-order valence-corrected chi connectivity index (χ0v) is 11.8. The minimum Gasteiger partial charge on any atom is -0.465 e. The van der Waals surface area contributed by atoms with Gasteiger partial charge in [-0.15, -0.1) is 11.3 Å². The number of carbonyl (C=O) groups excluding carboxylic acids is 2.